The molecule has 2 fully saturated rings. The smallest absolute Gasteiger partial charge is 0.246 e. The molecule has 18 nitrogen and oxygen atoms in total. The number of ether oxygens (including phenoxy) is 1. The van der Waals surface area contributed by atoms with Crippen LogP contribution < -0.4 is 25.6 Å². The molecule has 5 N–H and O–H groups in total. The Morgan fingerprint density at radius 1 is 0.928 bits per heavy atom. The maximum Gasteiger partial charge on any atom is 0.246 e. The number of nitrogens with one attached hydrogen (secondary N) is 4. The number of carbonyl (C=O) groups is 3. The van der Waals surface area contributed by atoms with Crippen molar-refractivity contribution in [2.75, 3.05) is 73.7 Å². The fourth-order valence-corrected chi connectivity index (χ4v) is 9.96. The number of nitrogens with zero attached hydrogens (tertiary/aromatic N) is 7. The van der Waals surface area contributed by atoms with Crippen molar-refractivity contribution in [3.8, 4) is 21.7 Å². The molecule has 3 aromatic heterocycles. The van der Waals surface area contributed by atoms with E-state index in [1.54, 1.807) is 40.2 Å². The number of aliphatic hydroxyl groups is 1. The van der Waals surface area contributed by atoms with E-state index in [9.17, 15) is 27.9 Å². The summed E-state index contributed by atoms with van der Waals surface area (Å²) in [5, 5.41) is 24.4. The third-order valence-corrected chi connectivity index (χ3v) is 13.8. The number of aryl methyl sites for hydroxylation is 1. The van der Waals surface area contributed by atoms with Gasteiger partial charge in [0.25, 0.3) is 0 Å². The van der Waals surface area contributed by atoms with E-state index in [2.05, 4.69) is 52.6 Å². The van der Waals surface area contributed by atoms with Gasteiger partial charge in [-0.3, -0.25) is 24.0 Å². The van der Waals surface area contributed by atoms with Gasteiger partial charge in [0.05, 0.1) is 52.5 Å². The van der Waals surface area contributed by atoms with E-state index in [1.807, 2.05) is 87.8 Å². The molecule has 69 heavy (non-hydrogen) atoms. The van der Waals surface area contributed by atoms with Crippen LogP contribution in [0.25, 0.3) is 27.2 Å². The van der Waals surface area contributed by atoms with Crippen LogP contribution in [0.3, 0.4) is 0 Å². The monoisotopic (exact) mass is 977 g/mol. The van der Waals surface area contributed by atoms with E-state index >= 15 is 0 Å². The van der Waals surface area contributed by atoms with Crippen LogP contribution >= 0.6 is 11.3 Å². The molecule has 3 atom stereocenters. The number of aliphatic hydroxyl groups excluding tert-OH is 1. The first-order valence-electron chi connectivity index (χ1n) is 22.9. The molecular formula is C49H59N11O7S2. The molecule has 0 radical (unpaired) electrons. The average molecular weight is 978 g/mol. The number of thiazole rings is 1. The first-order chi connectivity index (χ1) is 33.0. The summed E-state index contributed by atoms with van der Waals surface area (Å²) < 4.78 is 33.7. The zero-order chi connectivity index (χ0) is 48.9. The van der Waals surface area contributed by atoms with Crippen LogP contribution in [0, 0.1) is 12.3 Å². The van der Waals surface area contributed by atoms with Crippen molar-refractivity contribution in [1.29, 1.82) is 0 Å². The number of anilines is 4. The summed E-state index contributed by atoms with van der Waals surface area (Å²) in [6, 6.07) is 25.1. The lowest BCUT2D eigenvalue weighted by Gasteiger charge is -2.36. The summed E-state index contributed by atoms with van der Waals surface area (Å²) >= 11 is 1.57. The largest absolute Gasteiger partial charge is 0.391 e. The minimum atomic E-state index is -3.42. The van der Waals surface area contributed by atoms with Gasteiger partial charge in [0.15, 0.2) is 0 Å². The minimum absolute atomic E-state index is 0.00715. The number of likely N-dealkylation sites (tertiary alicyclic amines) is 1. The number of fused-ring (bicyclic) bond motifs is 1. The van der Waals surface area contributed by atoms with Gasteiger partial charge in [-0.2, -0.15) is 0 Å². The molecule has 8 rings (SSSR count). The van der Waals surface area contributed by atoms with E-state index in [-0.39, 0.29) is 32.0 Å². The van der Waals surface area contributed by atoms with Gasteiger partial charge >= 0.3 is 0 Å². The Bertz CT molecular complexity index is 2880. The highest BCUT2D eigenvalue weighted by Gasteiger charge is 2.44. The molecule has 2 aliphatic rings. The van der Waals surface area contributed by atoms with Gasteiger partial charge in [-0.05, 0) is 72.0 Å². The maximum atomic E-state index is 14.1. The van der Waals surface area contributed by atoms with Gasteiger partial charge in [0, 0.05) is 74.9 Å². The Hall–Kier alpha value is -6.45. The Labute approximate surface area is 406 Å². The SMILES string of the molecule is Cc1ncsc1-c1ccc(CNC(=O)[C@@H]2C[C@@H](O)CN2C(=O)C(NC(=O)COCCN2CCN(c3ccc(Nc4ncc5ccc(-c6cccc(NS(C)(=O)=O)c6)n5n4)cc3)CC2)C(C)(C)C)cc1. The number of sulfonamides is 1. The van der Waals surface area contributed by atoms with Crippen LogP contribution in [-0.2, 0) is 35.7 Å². The molecule has 20 heteroatoms. The Morgan fingerprint density at radius 2 is 1.68 bits per heavy atom. The van der Waals surface area contributed by atoms with Crippen LogP contribution in [0.2, 0.25) is 0 Å². The summed E-state index contributed by atoms with van der Waals surface area (Å²) in [4.78, 5) is 56.7. The fraction of sp³-hybridized carbons (Fsp3) is 0.388. The first-order valence-corrected chi connectivity index (χ1v) is 25.6. The topological polar surface area (TPSA) is 216 Å². The van der Waals surface area contributed by atoms with Crippen molar-refractivity contribution in [2.24, 2.45) is 5.41 Å². The molecule has 0 spiro atoms. The zero-order valence-corrected chi connectivity index (χ0v) is 41.0. The second-order valence-electron chi connectivity index (χ2n) is 18.6. The second kappa shape index (κ2) is 21.0. The summed E-state index contributed by atoms with van der Waals surface area (Å²) in [5.41, 5.74) is 8.78. The van der Waals surface area contributed by atoms with E-state index in [4.69, 9.17) is 9.84 Å². The van der Waals surface area contributed by atoms with Gasteiger partial charge in [0.1, 0.15) is 18.7 Å². The van der Waals surface area contributed by atoms with Gasteiger partial charge < -0.3 is 35.6 Å². The molecule has 2 aliphatic heterocycles. The lowest BCUT2D eigenvalue weighted by molar-refractivity contribution is -0.144. The molecular weight excluding hydrogens is 919 g/mol. The van der Waals surface area contributed by atoms with E-state index < -0.39 is 45.4 Å². The van der Waals surface area contributed by atoms with E-state index in [0.717, 1.165) is 82.3 Å². The maximum absolute atomic E-state index is 14.1. The first kappa shape index (κ1) is 49.0. The van der Waals surface area contributed by atoms with Crippen LogP contribution in [-0.4, -0.2) is 138 Å². The molecule has 2 saturated heterocycles. The third-order valence-electron chi connectivity index (χ3n) is 12.2. The highest BCUT2D eigenvalue weighted by molar-refractivity contribution is 7.92. The Balaban J connectivity index is 0.768. The van der Waals surface area contributed by atoms with Crippen molar-refractivity contribution in [3.63, 3.8) is 0 Å². The van der Waals surface area contributed by atoms with Gasteiger partial charge in [-0.15, -0.1) is 16.4 Å². The van der Waals surface area contributed by atoms with E-state index in [0.29, 0.717) is 24.8 Å². The van der Waals surface area contributed by atoms with E-state index in [1.165, 1.54) is 4.90 Å². The zero-order valence-electron chi connectivity index (χ0n) is 39.4. The molecule has 0 bridgehead atoms. The third kappa shape index (κ3) is 12.4. The quantitative estimate of drug-likeness (QED) is 0.0771. The highest BCUT2D eigenvalue weighted by Crippen LogP contribution is 2.30. The number of benzene rings is 3. The van der Waals surface area contributed by atoms with Crippen molar-refractivity contribution in [1.82, 2.24) is 40.0 Å². The van der Waals surface area contributed by atoms with Gasteiger partial charge in [-0.1, -0.05) is 57.2 Å². The number of hydrogen-bond acceptors (Lipinski definition) is 14. The fourth-order valence-electron chi connectivity index (χ4n) is 8.59. The summed E-state index contributed by atoms with van der Waals surface area (Å²) in [7, 11) is -3.42. The minimum Gasteiger partial charge on any atom is -0.391 e. The van der Waals surface area contributed by atoms with Crippen LogP contribution in [0.5, 0.6) is 0 Å². The number of rotatable bonds is 17. The van der Waals surface area contributed by atoms with Crippen molar-refractivity contribution >= 4 is 67.6 Å². The summed E-state index contributed by atoms with van der Waals surface area (Å²) in [6.07, 6.45) is 2.08. The lowest BCUT2D eigenvalue weighted by atomic mass is 9.85. The molecule has 5 heterocycles. The van der Waals surface area contributed by atoms with Gasteiger partial charge in [0.2, 0.25) is 33.7 Å². The number of aromatic nitrogens is 4. The number of hydrogen-bond donors (Lipinski definition) is 5. The van der Waals surface area contributed by atoms with Crippen LogP contribution in [0.4, 0.5) is 23.0 Å². The van der Waals surface area contributed by atoms with Gasteiger partial charge in [-0.25, -0.2) is 22.9 Å². The summed E-state index contributed by atoms with van der Waals surface area (Å²) in [5.74, 6) is -0.813. The standard InChI is InChI=1S/C49H59N11O7S2/c1-32-44(68-31-52-32)34-11-9-33(10-12-34)27-50-46(63)42-26-40(61)29-59(42)47(64)45(49(2,3)4)54-43(62)30-67-24-23-57-19-21-58(22-20-57)38-15-13-36(14-16-38)53-48-51-28-39-17-18-41(60(39)55-48)35-7-6-8-37(25-35)56-69(5,65)66/h6-18,25,28,31,40,42,45,56,61H,19-24,26-27,29-30H2,1-5H3,(H,50,63)(H,53,55)(H,54,62)/t40-,42+,45?/m1/s1. The van der Waals surface area contributed by atoms with Crippen molar-refractivity contribution in [3.05, 3.63) is 108 Å². The number of piperazine rings is 1. The number of amides is 3. The normalized spacial score (nSPS) is 17.2. The highest BCUT2D eigenvalue weighted by atomic mass is 32.2. The molecule has 0 aliphatic carbocycles. The molecule has 3 aromatic carbocycles. The van der Waals surface area contributed by atoms with Crippen molar-refractivity contribution < 1.29 is 32.6 Å². The average Bonchev–Trinajstić information content (AvgIpc) is 4.06. The molecule has 364 valence electrons. The number of β-amino-alcohol motifs (C(OH)–C–C–N with tert-alkyl or cyclic N) is 1. The Kier molecular flexibility index (Phi) is 14.9. The number of carbonyl (C=O) groups excluding carboxylic acids is 3. The molecule has 1 unspecified atom stereocenters. The summed E-state index contributed by atoms with van der Waals surface area (Å²) in [6.45, 7) is 11.8. The molecule has 6 aromatic rings. The molecule has 3 amide bonds. The molecule has 0 saturated carbocycles. The van der Waals surface area contributed by atoms with Crippen LogP contribution in [0.15, 0.2) is 96.6 Å². The predicted molar refractivity (Wildman–Crippen MR) is 268 cm³/mol. The Morgan fingerprint density at radius 3 is 2.38 bits per heavy atom. The van der Waals surface area contributed by atoms with Crippen LogP contribution in [0.1, 0.15) is 38.4 Å². The second-order valence-corrected chi connectivity index (χ2v) is 21.2. The lowest BCUT2D eigenvalue weighted by Crippen LogP contribution is -2.58. The van der Waals surface area contributed by atoms with Crippen molar-refractivity contribution in [2.45, 2.75) is 58.8 Å². The predicted octanol–water partition coefficient (Wildman–Crippen LogP) is 4.89.